The SMILES string of the molecule is O=C(Nc1ncnc2c1CCC2)C1CCCN1S(=O)(=O)c1ccc(F)cc1. The number of fused-ring (bicyclic) bond motifs is 1. The molecular weight excluding hydrogens is 371 g/mol. The number of amides is 1. The minimum Gasteiger partial charge on any atom is -0.309 e. The molecule has 1 aliphatic heterocycles. The summed E-state index contributed by atoms with van der Waals surface area (Å²) in [6.45, 7) is 0.250. The first-order chi connectivity index (χ1) is 13.0. The Morgan fingerprint density at radius 3 is 2.70 bits per heavy atom. The highest BCUT2D eigenvalue weighted by molar-refractivity contribution is 7.89. The molecule has 1 fully saturated rings. The number of aromatic nitrogens is 2. The number of aryl methyl sites for hydroxylation is 1. The van der Waals surface area contributed by atoms with Crippen LogP contribution >= 0.6 is 0 Å². The van der Waals surface area contributed by atoms with Gasteiger partial charge in [0, 0.05) is 17.8 Å². The Hall–Kier alpha value is -2.39. The van der Waals surface area contributed by atoms with Crippen LogP contribution in [-0.4, -0.2) is 41.2 Å². The number of anilines is 1. The van der Waals surface area contributed by atoms with Crippen LogP contribution in [0.15, 0.2) is 35.5 Å². The van der Waals surface area contributed by atoms with Crippen molar-refractivity contribution >= 4 is 21.7 Å². The zero-order valence-corrected chi connectivity index (χ0v) is 15.4. The number of hydrogen-bond donors (Lipinski definition) is 1. The summed E-state index contributed by atoms with van der Waals surface area (Å²) >= 11 is 0. The normalized spacial score (nSPS) is 19.8. The van der Waals surface area contributed by atoms with Crippen molar-refractivity contribution in [3.63, 3.8) is 0 Å². The van der Waals surface area contributed by atoms with E-state index in [9.17, 15) is 17.6 Å². The molecule has 1 amide bonds. The van der Waals surface area contributed by atoms with Gasteiger partial charge in [0.2, 0.25) is 15.9 Å². The smallest absolute Gasteiger partial charge is 0.243 e. The maximum absolute atomic E-state index is 13.1. The van der Waals surface area contributed by atoms with E-state index < -0.39 is 27.8 Å². The lowest BCUT2D eigenvalue weighted by molar-refractivity contribution is -0.119. The lowest BCUT2D eigenvalue weighted by atomic mass is 10.2. The molecule has 0 saturated carbocycles. The number of nitrogens with one attached hydrogen (secondary N) is 1. The minimum atomic E-state index is -3.88. The van der Waals surface area contributed by atoms with E-state index in [4.69, 9.17) is 0 Å². The van der Waals surface area contributed by atoms with Gasteiger partial charge >= 0.3 is 0 Å². The number of rotatable bonds is 4. The van der Waals surface area contributed by atoms with Gasteiger partial charge in [0.1, 0.15) is 24.0 Å². The van der Waals surface area contributed by atoms with Gasteiger partial charge < -0.3 is 5.32 Å². The average Bonchev–Trinajstić information content (AvgIpc) is 3.32. The van der Waals surface area contributed by atoms with Crippen LogP contribution in [0, 0.1) is 5.82 Å². The van der Waals surface area contributed by atoms with Crippen molar-refractivity contribution in [3.05, 3.63) is 47.7 Å². The quantitative estimate of drug-likeness (QED) is 0.861. The highest BCUT2D eigenvalue weighted by Crippen LogP contribution is 2.29. The molecule has 2 heterocycles. The van der Waals surface area contributed by atoms with Crippen molar-refractivity contribution < 1.29 is 17.6 Å². The van der Waals surface area contributed by atoms with Crippen molar-refractivity contribution in [2.45, 2.75) is 43.0 Å². The molecule has 7 nitrogen and oxygen atoms in total. The van der Waals surface area contributed by atoms with E-state index in [0.717, 1.165) is 42.7 Å². The van der Waals surface area contributed by atoms with E-state index >= 15 is 0 Å². The number of sulfonamides is 1. The van der Waals surface area contributed by atoms with Crippen molar-refractivity contribution in [1.82, 2.24) is 14.3 Å². The molecule has 0 spiro atoms. The number of carbonyl (C=O) groups excluding carboxylic acids is 1. The standard InChI is InChI=1S/C18H19FN4O3S/c19-12-6-8-13(9-7-12)27(25,26)23-10-2-5-16(23)18(24)22-17-14-3-1-4-15(14)20-11-21-17/h6-9,11,16H,1-5,10H2,(H,20,21,22,24). The van der Waals surface area contributed by atoms with Gasteiger partial charge in [0.25, 0.3) is 0 Å². The molecule has 1 unspecified atom stereocenters. The summed E-state index contributed by atoms with van der Waals surface area (Å²) in [5, 5.41) is 2.79. The van der Waals surface area contributed by atoms with Crippen LogP contribution in [0.1, 0.15) is 30.5 Å². The van der Waals surface area contributed by atoms with Crippen LogP contribution in [0.5, 0.6) is 0 Å². The van der Waals surface area contributed by atoms with Crippen LogP contribution in [0.2, 0.25) is 0 Å². The largest absolute Gasteiger partial charge is 0.309 e. The number of benzene rings is 1. The molecular formula is C18H19FN4O3S. The Bertz CT molecular complexity index is 979. The molecule has 2 aromatic rings. The van der Waals surface area contributed by atoms with Gasteiger partial charge in [-0.15, -0.1) is 0 Å². The first-order valence-electron chi connectivity index (χ1n) is 8.88. The van der Waals surface area contributed by atoms with E-state index in [-0.39, 0.29) is 11.4 Å². The van der Waals surface area contributed by atoms with E-state index in [1.54, 1.807) is 0 Å². The molecule has 1 N–H and O–H groups in total. The van der Waals surface area contributed by atoms with Gasteiger partial charge in [-0.1, -0.05) is 0 Å². The first-order valence-corrected chi connectivity index (χ1v) is 10.3. The molecule has 0 radical (unpaired) electrons. The average molecular weight is 390 g/mol. The molecule has 0 bridgehead atoms. The van der Waals surface area contributed by atoms with Gasteiger partial charge in [-0.05, 0) is 56.4 Å². The maximum atomic E-state index is 13.1. The second-order valence-corrected chi connectivity index (χ2v) is 8.61. The van der Waals surface area contributed by atoms with Gasteiger partial charge in [-0.2, -0.15) is 4.31 Å². The summed E-state index contributed by atoms with van der Waals surface area (Å²) in [7, 11) is -3.88. The zero-order chi connectivity index (χ0) is 19.0. The van der Waals surface area contributed by atoms with Gasteiger partial charge in [-0.3, -0.25) is 4.79 Å². The topological polar surface area (TPSA) is 92.3 Å². The van der Waals surface area contributed by atoms with Crippen LogP contribution in [0.3, 0.4) is 0 Å². The summed E-state index contributed by atoms with van der Waals surface area (Å²) in [4.78, 5) is 21.2. The van der Waals surface area contributed by atoms with Gasteiger partial charge in [0.15, 0.2) is 0 Å². The Kier molecular flexibility index (Phi) is 4.65. The predicted octanol–water partition coefficient (Wildman–Crippen LogP) is 1.90. The molecule has 4 rings (SSSR count). The fourth-order valence-corrected chi connectivity index (χ4v) is 5.36. The molecule has 27 heavy (non-hydrogen) atoms. The number of halogens is 1. The van der Waals surface area contributed by atoms with Gasteiger partial charge in [-0.25, -0.2) is 22.8 Å². The third-order valence-electron chi connectivity index (χ3n) is 5.04. The lowest BCUT2D eigenvalue weighted by Crippen LogP contribution is -2.43. The van der Waals surface area contributed by atoms with E-state index in [0.29, 0.717) is 18.7 Å². The van der Waals surface area contributed by atoms with Crippen molar-refractivity contribution in [2.75, 3.05) is 11.9 Å². The Labute approximate surface area is 156 Å². The lowest BCUT2D eigenvalue weighted by Gasteiger charge is -2.23. The van der Waals surface area contributed by atoms with E-state index in [2.05, 4.69) is 15.3 Å². The van der Waals surface area contributed by atoms with Crippen molar-refractivity contribution in [1.29, 1.82) is 0 Å². The molecule has 1 aromatic carbocycles. The fraction of sp³-hybridized carbons (Fsp3) is 0.389. The van der Waals surface area contributed by atoms with Crippen LogP contribution in [0.4, 0.5) is 10.2 Å². The monoisotopic (exact) mass is 390 g/mol. The summed E-state index contributed by atoms with van der Waals surface area (Å²) in [5.41, 5.74) is 1.86. The Morgan fingerprint density at radius 1 is 1.15 bits per heavy atom. The predicted molar refractivity (Wildman–Crippen MR) is 96.0 cm³/mol. The fourth-order valence-electron chi connectivity index (χ4n) is 3.70. The van der Waals surface area contributed by atoms with E-state index in [1.807, 2.05) is 0 Å². The molecule has 1 saturated heterocycles. The zero-order valence-electron chi connectivity index (χ0n) is 14.6. The maximum Gasteiger partial charge on any atom is 0.243 e. The molecule has 142 valence electrons. The summed E-state index contributed by atoms with van der Waals surface area (Å²) in [6, 6.07) is 3.82. The number of nitrogens with zero attached hydrogens (tertiary/aromatic N) is 3. The number of carbonyl (C=O) groups is 1. The van der Waals surface area contributed by atoms with Crippen LogP contribution in [-0.2, 0) is 27.7 Å². The molecule has 9 heteroatoms. The molecule has 1 aromatic heterocycles. The second-order valence-electron chi connectivity index (χ2n) is 6.72. The second kappa shape index (κ2) is 6.97. The molecule has 1 aliphatic carbocycles. The first kappa shape index (κ1) is 18.0. The minimum absolute atomic E-state index is 0.0217. The third kappa shape index (κ3) is 3.32. The third-order valence-corrected chi connectivity index (χ3v) is 6.97. The summed E-state index contributed by atoms with van der Waals surface area (Å²) in [5.74, 6) is -0.443. The highest BCUT2D eigenvalue weighted by atomic mass is 32.2. The molecule has 2 aliphatic rings. The van der Waals surface area contributed by atoms with Crippen LogP contribution < -0.4 is 5.32 Å². The Balaban J connectivity index is 1.57. The summed E-state index contributed by atoms with van der Waals surface area (Å²) < 4.78 is 40.1. The van der Waals surface area contributed by atoms with Crippen molar-refractivity contribution in [2.24, 2.45) is 0 Å². The summed E-state index contributed by atoms with van der Waals surface area (Å²) in [6.07, 6.45) is 5.05. The highest BCUT2D eigenvalue weighted by Gasteiger charge is 2.39. The van der Waals surface area contributed by atoms with Crippen LogP contribution in [0.25, 0.3) is 0 Å². The molecule has 1 atom stereocenters. The number of hydrogen-bond acceptors (Lipinski definition) is 5. The van der Waals surface area contributed by atoms with E-state index in [1.165, 1.54) is 22.8 Å². The Morgan fingerprint density at radius 2 is 1.93 bits per heavy atom. The van der Waals surface area contributed by atoms with Crippen molar-refractivity contribution in [3.8, 4) is 0 Å². The van der Waals surface area contributed by atoms with Gasteiger partial charge in [0.05, 0.1) is 4.90 Å².